The topological polar surface area (TPSA) is 74.7 Å². The van der Waals surface area contributed by atoms with Crippen LogP contribution in [0.15, 0.2) is 18.2 Å². The van der Waals surface area contributed by atoms with E-state index in [1.807, 2.05) is 6.92 Å². The summed E-state index contributed by atoms with van der Waals surface area (Å²) in [5, 5.41) is 0. The average molecular weight is 394 g/mol. The van der Waals surface area contributed by atoms with E-state index in [1.54, 1.807) is 25.3 Å². The third-order valence-corrected chi connectivity index (χ3v) is 4.43. The molecule has 158 valence electrons. The minimum absolute atomic E-state index is 0.129. The fraction of sp³-hybridized carbons (Fsp3) is 0.682. The summed E-state index contributed by atoms with van der Waals surface area (Å²) in [6, 6.07) is 4.74. The van der Waals surface area contributed by atoms with Crippen molar-refractivity contribution in [2.75, 3.05) is 20.3 Å². The van der Waals surface area contributed by atoms with E-state index in [2.05, 4.69) is 11.9 Å². The molecule has 1 atom stereocenters. The summed E-state index contributed by atoms with van der Waals surface area (Å²) >= 11 is 0. The van der Waals surface area contributed by atoms with Gasteiger partial charge < -0.3 is 14.2 Å². The Morgan fingerprint density at radius 1 is 0.893 bits per heavy atom. The standard InChI is InChI=1S/C22H35NO5/c1-4-6-8-9-12-18(13-11-16-26-3)28-22(25)20-15-10-14-19(23-20)21(24)27-17-7-5-2/h10,14-15,18H,4-9,11-13,16-17H2,1-3H3. The molecule has 0 N–H and O–H groups in total. The molecule has 0 saturated heterocycles. The summed E-state index contributed by atoms with van der Waals surface area (Å²) in [4.78, 5) is 28.7. The van der Waals surface area contributed by atoms with Crippen molar-refractivity contribution in [3.8, 4) is 0 Å². The predicted octanol–water partition coefficient (Wildman–Crippen LogP) is 4.96. The number of unbranched alkanes of at least 4 members (excludes halogenated alkanes) is 4. The highest BCUT2D eigenvalue weighted by atomic mass is 16.5. The zero-order valence-corrected chi connectivity index (χ0v) is 17.6. The number of nitrogens with zero attached hydrogens (tertiary/aromatic N) is 1. The van der Waals surface area contributed by atoms with Gasteiger partial charge in [-0.25, -0.2) is 14.6 Å². The largest absolute Gasteiger partial charge is 0.461 e. The van der Waals surface area contributed by atoms with Crippen molar-refractivity contribution < 1.29 is 23.8 Å². The van der Waals surface area contributed by atoms with E-state index < -0.39 is 11.9 Å². The molecule has 6 nitrogen and oxygen atoms in total. The second-order valence-electron chi connectivity index (χ2n) is 6.91. The van der Waals surface area contributed by atoms with E-state index in [1.165, 1.54) is 12.8 Å². The number of aromatic nitrogens is 1. The van der Waals surface area contributed by atoms with Crippen LogP contribution < -0.4 is 0 Å². The van der Waals surface area contributed by atoms with Gasteiger partial charge in [0.05, 0.1) is 6.61 Å². The first kappa shape index (κ1) is 24.1. The number of esters is 2. The molecule has 0 aromatic carbocycles. The van der Waals surface area contributed by atoms with E-state index in [9.17, 15) is 9.59 Å². The predicted molar refractivity (Wildman–Crippen MR) is 109 cm³/mol. The molecular formula is C22H35NO5. The molecule has 0 saturated carbocycles. The molecule has 1 unspecified atom stereocenters. The zero-order chi connectivity index (χ0) is 20.6. The molecule has 0 radical (unpaired) electrons. The van der Waals surface area contributed by atoms with E-state index in [0.717, 1.165) is 44.9 Å². The summed E-state index contributed by atoms with van der Waals surface area (Å²) in [6.07, 6.45) is 8.49. The lowest BCUT2D eigenvalue weighted by Crippen LogP contribution is -2.21. The summed E-state index contributed by atoms with van der Waals surface area (Å²) in [6.45, 7) is 5.18. The third kappa shape index (κ3) is 9.83. The first-order chi connectivity index (χ1) is 13.6. The molecule has 1 rings (SSSR count). The Hall–Kier alpha value is -1.95. The van der Waals surface area contributed by atoms with Crippen molar-refractivity contribution in [3.63, 3.8) is 0 Å². The van der Waals surface area contributed by atoms with Crippen LogP contribution in [0.2, 0.25) is 0 Å². The van der Waals surface area contributed by atoms with E-state index in [4.69, 9.17) is 14.2 Å². The van der Waals surface area contributed by atoms with Gasteiger partial charge in [0.1, 0.15) is 17.5 Å². The summed E-state index contributed by atoms with van der Waals surface area (Å²) < 4.78 is 15.9. The van der Waals surface area contributed by atoms with Gasteiger partial charge in [-0.2, -0.15) is 0 Å². The summed E-state index contributed by atoms with van der Waals surface area (Å²) in [5.74, 6) is -1.01. The smallest absolute Gasteiger partial charge is 0.357 e. The van der Waals surface area contributed by atoms with Gasteiger partial charge in [0.25, 0.3) is 0 Å². The number of hydrogen-bond donors (Lipinski definition) is 0. The van der Waals surface area contributed by atoms with E-state index in [-0.39, 0.29) is 17.5 Å². The highest BCUT2D eigenvalue weighted by Crippen LogP contribution is 2.15. The molecule has 1 heterocycles. The van der Waals surface area contributed by atoms with Crippen LogP contribution in [0.3, 0.4) is 0 Å². The highest BCUT2D eigenvalue weighted by Gasteiger charge is 2.19. The lowest BCUT2D eigenvalue weighted by Gasteiger charge is -2.18. The van der Waals surface area contributed by atoms with Crippen molar-refractivity contribution in [2.45, 2.75) is 77.7 Å². The maximum atomic E-state index is 12.5. The molecule has 6 heteroatoms. The first-order valence-electron chi connectivity index (χ1n) is 10.5. The third-order valence-electron chi connectivity index (χ3n) is 4.43. The lowest BCUT2D eigenvalue weighted by molar-refractivity contribution is 0.0225. The summed E-state index contributed by atoms with van der Waals surface area (Å²) in [7, 11) is 1.66. The Morgan fingerprint density at radius 2 is 1.57 bits per heavy atom. The SMILES string of the molecule is CCCCCCC(CCCOC)OC(=O)c1cccc(C(=O)OCCCC)n1. The number of carbonyl (C=O) groups is 2. The van der Waals surface area contributed by atoms with Gasteiger partial charge >= 0.3 is 11.9 Å². The molecule has 0 spiro atoms. The van der Waals surface area contributed by atoms with Crippen LogP contribution in [0.1, 0.15) is 92.6 Å². The minimum Gasteiger partial charge on any atom is -0.461 e. The van der Waals surface area contributed by atoms with Gasteiger partial charge in [-0.3, -0.25) is 0 Å². The second kappa shape index (κ2) is 15.0. The van der Waals surface area contributed by atoms with Crippen molar-refractivity contribution in [1.82, 2.24) is 4.98 Å². The van der Waals surface area contributed by atoms with Gasteiger partial charge in [-0.15, -0.1) is 0 Å². The Kier molecular flexibility index (Phi) is 12.9. The molecule has 0 amide bonds. The fourth-order valence-electron chi connectivity index (χ4n) is 2.77. The fourth-order valence-corrected chi connectivity index (χ4v) is 2.77. The Morgan fingerprint density at radius 3 is 2.25 bits per heavy atom. The number of ether oxygens (including phenoxy) is 3. The average Bonchev–Trinajstić information content (AvgIpc) is 2.71. The van der Waals surface area contributed by atoms with Crippen LogP contribution in [0.4, 0.5) is 0 Å². The molecule has 0 bridgehead atoms. The van der Waals surface area contributed by atoms with Crippen LogP contribution >= 0.6 is 0 Å². The van der Waals surface area contributed by atoms with Crippen LogP contribution in [-0.2, 0) is 14.2 Å². The number of rotatable bonds is 15. The minimum atomic E-state index is -0.515. The number of pyridine rings is 1. The number of carbonyl (C=O) groups excluding carboxylic acids is 2. The van der Waals surface area contributed by atoms with Crippen LogP contribution in [0, 0.1) is 0 Å². The van der Waals surface area contributed by atoms with Gasteiger partial charge in [-0.1, -0.05) is 45.6 Å². The second-order valence-corrected chi connectivity index (χ2v) is 6.91. The maximum Gasteiger partial charge on any atom is 0.357 e. The van der Waals surface area contributed by atoms with Gasteiger partial charge in [0, 0.05) is 13.7 Å². The Bertz CT molecular complexity index is 576. The molecule has 1 aromatic rings. The van der Waals surface area contributed by atoms with Gasteiger partial charge in [-0.05, 0) is 44.2 Å². The van der Waals surface area contributed by atoms with Crippen LogP contribution in [0.5, 0.6) is 0 Å². The molecule has 0 aliphatic rings. The van der Waals surface area contributed by atoms with Crippen molar-refractivity contribution >= 4 is 11.9 Å². The molecule has 0 aliphatic heterocycles. The Labute approximate surface area is 169 Å². The summed E-state index contributed by atoms with van der Waals surface area (Å²) in [5.41, 5.74) is 0.264. The molecule has 0 aliphatic carbocycles. The zero-order valence-electron chi connectivity index (χ0n) is 17.6. The Balaban J connectivity index is 2.66. The van der Waals surface area contributed by atoms with Gasteiger partial charge in [0.2, 0.25) is 0 Å². The van der Waals surface area contributed by atoms with Crippen molar-refractivity contribution in [1.29, 1.82) is 0 Å². The first-order valence-corrected chi connectivity index (χ1v) is 10.5. The molecule has 28 heavy (non-hydrogen) atoms. The highest BCUT2D eigenvalue weighted by molar-refractivity contribution is 5.91. The monoisotopic (exact) mass is 393 g/mol. The van der Waals surface area contributed by atoms with E-state index >= 15 is 0 Å². The van der Waals surface area contributed by atoms with Crippen LogP contribution in [0.25, 0.3) is 0 Å². The normalized spacial score (nSPS) is 11.8. The lowest BCUT2D eigenvalue weighted by atomic mass is 10.1. The number of methoxy groups -OCH3 is 1. The molecule has 1 aromatic heterocycles. The van der Waals surface area contributed by atoms with Crippen molar-refractivity contribution in [3.05, 3.63) is 29.6 Å². The van der Waals surface area contributed by atoms with E-state index in [0.29, 0.717) is 13.2 Å². The molecular weight excluding hydrogens is 358 g/mol. The number of hydrogen-bond acceptors (Lipinski definition) is 6. The van der Waals surface area contributed by atoms with Crippen LogP contribution in [-0.4, -0.2) is 43.4 Å². The quantitative estimate of drug-likeness (QED) is 0.310. The van der Waals surface area contributed by atoms with Crippen molar-refractivity contribution in [2.24, 2.45) is 0 Å². The maximum absolute atomic E-state index is 12.5. The molecule has 0 fully saturated rings. The van der Waals surface area contributed by atoms with Gasteiger partial charge in [0.15, 0.2) is 0 Å².